The summed E-state index contributed by atoms with van der Waals surface area (Å²) in [5, 5.41) is 5.18. The molecule has 2 N–H and O–H groups in total. The maximum absolute atomic E-state index is 14.6. The Balaban J connectivity index is 1.96. The number of aryl methyl sites for hydroxylation is 1. The Labute approximate surface area is 173 Å². The summed E-state index contributed by atoms with van der Waals surface area (Å²) in [7, 11) is 1.42. The molecule has 1 fully saturated rings. The second-order valence-corrected chi connectivity index (χ2v) is 7.44. The summed E-state index contributed by atoms with van der Waals surface area (Å²) < 4.78 is 48.6. The van der Waals surface area contributed by atoms with Crippen LogP contribution in [0.1, 0.15) is 21.6 Å². The van der Waals surface area contributed by atoms with Crippen molar-refractivity contribution in [1.82, 2.24) is 10.3 Å². The summed E-state index contributed by atoms with van der Waals surface area (Å²) in [6, 6.07) is 5.21. The number of amidine groups is 1. The van der Waals surface area contributed by atoms with E-state index in [1.165, 1.54) is 25.4 Å². The van der Waals surface area contributed by atoms with E-state index in [1.54, 1.807) is 13.0 Å². The van der Waals surface area contributed by atoms with Gasteiger partial charge in [0.15, 0.2) is 5.54 Å². The van der Waals surface area contributed by atoms with Crippen molar-refractivity contribution in [3.63, 3.8) is 0 Å². The highest BCUT2D eigenvalue weighted by Gasteiger charge is 2.47. The second kappa shape index (κ2) is 8.50. The van der Waals surface area contributed by atoms with Crippen molar-refractivity contribution in [2.45, 2.75) is 18.9 Å². The number of hydrogen-bond acceptors (Lipinski definition) is 4. The Morgan fingerprint density at radius 3 is 2.83 bits per heavy atom. The van der Waals surface area contributed by atoms with Gasteiger partial charge in [0.2, 0.25) is 0 Å². The average molecular weight is 471 g/mol. The number of carbonyl (C=O) groups excluding carboxylic acids is 1. The molecule has 1 amide bonds. The summed E-state index contributed by atoms with van der Waals surface area (Å²) in [5.41, 5.74) is -1.51. The van der Waals surface area contributed by atoms with Gasteiger partial charge in [0, 0.05) is 29.0 Å². The van der Waals surface area contributed by atoms with Crippen molar-refractivity contribution in [2.24, 2.45) is 4.99 Å². The molecule has 0 spiro atoms. The van der Waals surface area contributed by atoms with Crippen LogP contribution in [-0.4, -0.2) is 43.4 Å². The quantitative estimate of drug-likeness (QED) is 0.714. The third-order valence-corrected chi connectivity index (χ3v) is 4.98. The van der Waals surface area contributed by atoms with Gasteiger partial charge in [0.25, 0.3) is 12.3 Å². The second-order valence-electron chi connectivity index (χ2n) is 6.53. The number of nitrogens with zero attached hydrogens (tertiary/aromatic N) is 2. The van der Waals surface area contributed by atoms with Crippen molar-refractivity contribution >= 4 is 33.4 Å². The van der Waals surface area contributed by atoms with Gasteiger partial charge < -0.3 is 15.4 Å². The van der Waals surface area contributed by atoms with Crippen LogP contribution in [0.5, 0.6) is 0 Å². The molecule has 0 unspecified atom stereocenters. The van der Waals surface area contributed by atoms with Gasteiger partial charge in [-0.25, -0.2) is 18.2 Å². The molecule has 154 valence electrons. The molecule has 6 nitrogen and oxygen atoms in total. The molecule has 0 aliphatic carbocycles. The smallest absolute Gasteiger partial charge is 0.274 e. The standard InChI is InChI=1S/C19H18BrF3N4O2/c1-10-5-11(20)7-25-16(10)17(28)26-12-3-4-14(21)13(6-12)19(18(22)23)9-29-8-15(24-2)27-19/h3-7,18H,8-9H2,1-2H3,(H,24,27)(H,26,28)/t19-/m0/s1. The van der Waals surface area contributed by atoms with Gasteiger partial charge in [-0.15, -0.1) is 0 Å². The van der Waals surface area contributed by atoms with E-state index in [2.05, 4.69) is 36.5 Å². The number of hydrogen-bond donors (Lipinski definition) is 2. The molecule has 0 radical (unpaired) electrons. The van der Waals surface area contributed by atoms with E-state index in [4.69, 9.17) is 4.74 Å². The fourth-order valence-corrected chi connectivity index (χ4v) is 3.50. The van der Waals surface area contributed by atoms with Crippen LogP contribution >= 0.6 is 15.9 Å². The zero-order chi connectivity index (χ0) is 21.2. The average Bonchev–Trinajstić information content (AvgIpc) is 2.69. The molecule has 0 saturated carbocycles. The fourth-order valence-electron chi connectivity index (χ4n) is 3.05. The van der Waals surface area contributed by atoms with Gasteiger partial charge in [-0.2, -0.15) is 0 Å². The zero-order valence-electron chi connectivity index (χ0n) is 15.6. The third kappa shape index (κ3) is 4.27. The van der Waals surface area contributed by atoms with Gasteiger partial charge in [0.1, 0.15) is 24.0 Å². The highest BCUT2D eigenvalue weighted by atomic mass is 79.9. The number of aliphatic imine (C=N–C) groups is 1. The Bertz CT molecular complexity index is 970. The number of ether oxygens (including phenoxy) is 1. The number of aromatic nitrogens is 1. The summed E-state index contributed by atoms with van der Waals surface area (Å²) in [4.78, 5) is 20.5. The number of carbonyl (C=O) groups is 1. The Kier molecular flexibility index (Phi) is 6.23. The summed E-state index contributed by atoms with van der Waals surface area (Å²) >= 11 is 3.27. The van der Waals surface area contributed by atoms with Crippen molar-refractivity contribution in [3.05, 3.63) is 57.6 Å². The minimum atomic E-state index is -2.99. The van der Waals surface area contributed by atoms with Gasteiger partial charge in [-0.05, 0) is 52.7 Å². The van der Waals surface area contributed by atoms with E-state index in [0.29, 0.717) is 10.0 Å². The predicted molar refractivity (Wildman–Crippen MR) is 106 cm³/mol. The first-order chi connectivity index (χ1) is 13.8. The van der Waals surface area contributed by atoms with E-state index in [9.17, 15) is 18.0 Å². The number of morpholine rings is 1. The molecule has 29 heavy (non-hydrogen) atoms. The van der Waals surface area contributed by atoms with Crippen LogP contribution < -0.4 is 10.6 Å². The number of halogens is 4. The summed E-state index contributed by atoms with van der Waals surface area (Å²) in [6.45, 7) is 1.28. The number of rotatable bonds is 4. The van der Waals surface area contributed by atoms with Crippen LogP contribution in [0.25, 0.3) is 0 Å². The molecule has 1 atom stereocenters. The lowest BCUT2D eigenvalue weighted by atomic mass is 9.89. The lowest BCUT2D eigenvalue weighted by molar-refractivity contribution is -0.0332. The van der Waals surface area contributed by atoms with Crippen LogP contribution in [0.15, 0.2) is 39.9 Å². The maximum atomic E-state index is 14.6. The SMILES string of the molecule is CN=C1COC[C@](c2cc(NC(=O)c3ncc(Br)cc3C)ccc2F)(C(F)F)N1. The maximum Gasteiger partial charge on any atom is 0.274 e. The van der Waals surface area contributed by atoms with E-state index in [1.807, 2.05) is 0 Å². The normalized spacial score (nSPS) is 20.6. The molecule has 10 heteroatoms. The lowest BCUT2D eigenvalue weighted by Gasteiger charge is -2.39. The highest BCUT2D eigenvalue weighted by molar-refractivity contribution is 9.10. The van der Waals surface area contributed by atoms with Crippen molar-refractivity contribution < 1.29 is 22.7 Å². The van der Waals surface area contributed by atoms with Crippen LogP contribution in [0, 0.1) is 12.7 Å². The molecule has 0 bridgehead atoms. The van der Waals surface area contributed by atoms with Crippen LogP contribution in [0.3, 0.4) is 0 Å². The largest absolute Gasteiger partial charge is 0.371 e. The predicted octanol–water partition coefficient (Wildman–Crippen LogP) is 3.65. The number of amides is 1. The molecule has 1 aromatic carbocycles. The fraction of sp³-hybridized carbons (Fsp3) is 0.316. The highest BCUT2D eigenvalue weighted by Crippen LogP contribution is 2.34. The van der Waals surface area contributed by atoms with E-state index in [-0.39, 0.29) is 29.4 Å². The molecule has 1 saturated heterocycles. The number of benzene rings is 1. The summed E-state index contributed by atoms with van der Waals surface area (Å²) in [6.07, 6.45) is -1.52. The van der Waals surface area contributed by atoms with Crippen molar-refractivity contribution in [3.8, 4) is 0 Å². The van der Waals surface area contributed by atoms with Crippen LogP contribution in [0.4, 0.5) is 18.9 Å². The Morgan fingerprint density at radius 2 is 2.17 bits per heavy atom. The first kappa shape index (κ1) is 21.3. The van der Waals surface area contributed by atoms with Gasteiger partial charge >= 0.3 is 0 Å². The lowest BCUT2D eigenvalue weighted by Crippen LogP contribution is -2.59. The van der Waals surface area contributed by atoms with E-state index in [0.717, 1.165) is 6.07 Å². The number of nitrogens with one attached hydrogen (secondary N) is 2. The molecule has 1 aliphatic rings. The molecule has 1 aromatic heterocycles. The molecule has 1 aliphatic heterocycles. The molecule has 3 rings (SSSR count). The minimum absolute atomic E-state index is 0.0253. The number of anilines is 1. The molecular weight excluding hydrogens is 453 g/mol. The van der Waals surface area contributed by atoms with Crippen LogP contribution in [0.2, 0.25) is 0 Å². The molecular formula is C19H18BrF3N4O2. The number of pyridine rings is 1. The zero-order valence-corrected chi connectivity index (χ0v) is 17.2. The van der Waals surface area contributed by atoms with Crippen LogP contribution in [-0.2, 0) is 10.3 Å². The minimum Gasteiger partial charge on any atom is -0.371 e. The van der Waals surface area contributed by atoms with E-state index >= 15 is 0 Å². The monoisotopic (exact) mass is 470 g/mol. The van der Waals surface area contributed by atoms with Crippen molar-refractivity contribution in [1.29, 1.82) is 0 Å². The molecule has 2 heterocycles. The Hall–Kier alpha value is -2.46. The number of alkyl halides is 2. The van der Waals surface area contributed by atoms with Crippen molar-refractivity contribution in [2.75, 3.05) is 25.6 Å². The first-order valence-electron chi connectivity index (χ1n) is 8.60. The van der Waals surface area contributed by atoms with Gasteiger partial charge in [-0.3, -0.25) is 9.79 Å². The summed E-state index contributed by atoms with van der Waals surface area (Å²) in [5.74, 6) is -1.21. The Morgan fingerprint density at radius 1 is 1.41 bits per heavy atom. The van der Waals surface area contributed by atoms with Gasteiger partial charge in [-0.1, -0.05) is 0 Å². The van der Waals surface area contributed by atoms with Gasteiger partial charge in [0.05, 0.1) is 6.61 Å². The topological polar surface area (TPSA) is 75.6 Å². The molecule has 2 aromatic rings. The third-order valence-electron chi connectivity index (χ3n) is 4.54. The first-order valence-corrected chi connectivity index (χ1v) is 9.39. The van der Waals surface area contributed by atoms with E-state index < -0.39 is 30.3 Å².